The van der Waals surface area contributed by atoms with Gasteiger partial charge in [-0.3, -0.25) is 20.1 Å². The minimum atomic E-state index is -1.29. The lowest BCUT2D eigenvalue weighted by Gasteiger charge is -2.32. The van der Waals surface area contributed by atoms with Crippen LogP contribution in [0.3, 0.4) is 0 Å². The van der Waals surface area contributed by atoms with Crippen molar-refractivity contribution in [3.05, 3.63) is 87.4 Å². The van der Waals surface area contributed by atoms with Gasteiger partial charge in [0.2, 0.25) is 0 Å². The third-order valence-corrected chi connectivity index (χ3v) is 7.79. The summed E-state index contributed by atoms with van der Waals surface area (Å²) in [4.78, 5) is 31.2. The molecule has 0 saturated carbocycles. The number of carbonyl (C=O) groups is 2. The second-order valence-electron chi connectivity index (χ2n) is 12.1. The Labute approximate surface area is 255 Å². The minimum absolute atomic E-state index is 0.254. The van der Waals surface area contributed by atoms with E-state index in [0.717, 1.165) is 42.8 Å². The molecule has 1 aromatic heterocycles. The van der Waals surface area contributed by atoms with Crippen LogP contribution in [0.2, 0.25) is 5.02 Å². The SMILES string of the molecule is Cc1cc(C(=O)NNC(=O)OC(C)(C)C)cnc1CN1CCC(c2cccc3c2OC(C)(c2ccc(Cl)cc2F)O3)CC1. The maximum Gasteiger partial charge on any atom is 0.426 e. The predicted octanol–water partition coefficient (Wildman–Crippen LogP) is 6.38. The van der Waals surface area contributed by atoms with Crippen LogP contribution in [0.5, 0.6) is 11.5 Å². The van der Waals surface area contributed by atoms with Crippen LogP contribution in [0.4, 0.5) is 9.18 Å². The highest BCUT2D eigenvalue weighted by atomic mass is 35.5. The molecule has 1 unspecified atom stereocenters. The van der Waals surface area contributed by atoms with Crippen molar-refractivity contribution in [2.45, 2.75) is 71.3 Å². The quantitative estimate of drug-likeness (QED) is 0.323. The van der Waals surface area contributed by atoms with E-state index in [1.807, 2.05) is 19.1 Å². The number of aromatic nitrogens is 1. The number of pyridine rings is 1. The van der Waals surface area contributed by atoms with Crippen molar-refractivity contribution >= 4 is 23.6 Å². The number of hydrazine groups is 1. The average molecular weight is 611 g/mol. The molecule has 5 rings (SSSR count). The number of likely N-dealkylation sites (tertiary alicyclic amines) is 1. The largest absolute Gasteiger partial charge is 0.444 e. The molecule has 2 N–H and O–H groups in total. The van der Waals surface area contributed by atoms with E-state index in [1.54, 1.807) is 45.9 Å². The van der Waals surface area contributed by atoms with Crippen molar-refractivity contribution in [3.63, 3.8) is 0 Å². The first-order valence-electron chi connectivity index (χ1n) is 14.2. The lowest BCUT2D eigenvalue weighted by atomic mass is 9.88. The highest BCUT2D eigenvalue weighted by Gasteiger charge is 2.43. The van der Waals surface area contributed by atoms with E-state index in [-0.39, 0.29) is 5.92 Å². The van der Waals surface area contributed by atoms with Gasteiger partial charge >= 0.3 is 6.09 Å². The summed E-state index contributed by atoms with van der Waals surface area (Å²) in [6, 6.07) is 12.1. The number of carbonyl (C=O) groups excluding carboxylic acids is 2. The Morgan fingerprint density at radius 1 is 1.14 bits per heavy atom. The zero-order valence-corrected chi connectivity index (χ0v) is 25.7. The molecule has 1 fully saturated rings. The Bertz CT molecular complexity index is 1540. The molecule has 2 amide bonds. The van der Waals surface area contributed by atoms with Gasteiger partial charge in [-0.15, -0.1) is 0 Å². The van der Waals surface area contributed by atoms with Crippen LogP contribution in [0.25, 0.3) is 0 Å². The predicted molar refractivity (Wildman–Crippen MR) is 160 cm³/mol. The van der Waals surface area contributed by atoms with Crippen LogP contribution in [0, 0.1) is 12.7 Å². The van der Waals surface area contributed by atoms with Crippen molar-refractivity contribution < 1.29 is 28.2 Å². The van der Waals surface area contributed by atoms with E-state index in [2.05, 4.69) is 26.8 Å². The van der Waals surface area contributed by atoms with Gasteiger partial charge in [0.15, 0.2) is 11.5 Å². The minimum Gasteiger partial charge on any atom is -0.444 e. The van der Waals surface area contributed by atoms with E-state index < -0.39 is 29.2 Å². The van der Waals surface area contributed by atoms with Gasteiger partial charge in [0, 0.05) is 30.3 Å². The number of hydrogen-bond acceptors (Lipinski definition) is 7. The molecule has 3 aromatic rings. The van der Waals surface area contributed by atoms with Crippen LogP contribution in [-0.2, 0) is 17.1 Å². The molecule has 3 heterocycles. The molecule has 2 aliphatic heterocycles. The fourth-order valence-electron chi connectivity index (χ4n) is 5.43. The van der Waals surface area contributed by atoms with E-state index in [4.69, 9.17) is 25.8 Å². The molecule has 43 heavy (non-hydrogen) atoms. The molecule has 0 radical (unpaired) electrons. The maximum atomic E-state index is 14.8. The van der Waals surface area contributed by atoms with E-state index in [0.29, 0.717) is 34.2 Å². The average Bonchev–Trinajstić information content (AvgIpc) is 3.29. The summed E-state index contributed by atoms with van der Waals surface area (Å²) >= 11 is 5.95. The number of benzene rings is 2. The summed E-state index contributed by atoms with van der Waals surface area (Å²) in [7, 11) is 0. The number of amides is 2. The molecule has 0 aliphatic carbocycles. The molecule has 0 spiro atoms. The van der Waals surface area contributed by atoms with Crippen molar-refractivity contribution in [1.29, 1.82) is 0 Å². The normalized spacial score (nSPS) is 18.8. The molecule has 1 saturated heterocycles. The first-order valence-corrected chi connectivity index (χ1v) is 14.6. The number of rotatable bonds is 5. The molecule has 2 aromatic carbocycles. The van der Waals surface area contributed by atoms with Crippen molar-refractivity contribution in [3.8, 4) is 11.5 Å². The number of hydrogen-bond donors (Lipinski definition) is 2. The summed E-state index contributed by atoms with van der Waals surface area (Å²) in [5.41, 5.74) is 7.37. The Balaban J connectivity index is 1.18. The Morgan fingerprint density at radius 2 is 1.88 bits per heavy atom. The summed E-state index contributed by atoms with van der Waals surface area (Å²) in [5.74, 6) is -0.735. The number of nitrogens with one attached hydrogen (secondary N) is 2. The zero-order chi connectivity index (χ0) is 30.9. The van der Waals surface area contributed by atoms with Gasteiger partial charge in [0.1, 0.15) is 11.4 Å². The molecule has 11 heteroatoms. The van der Waals surface area contributed by atoms with Crippen molar-refractivity contribution in [1.82, 2.24) is 20.7 Å². The van der Waals surface area contributed by atoms with Gasteiger partial charge in [0.05, 0.1) is 16.8 Å². The van der Waals surface area contributed by atoms with Crippen LogP contribution in [0.1, 0.15) is 79.2 Å². The highest BCUT2D eigenvalue weighted by Crippen LogP contribution is 2.49. The Hall–Kier alpha value is -3.89. The number of halogens is 2. The molecule has 0 bridgehead atoms. The van der Waals surface area contributed by atoms with Gasteiger partial charge in [-0.25, -0.2) is 14.6 Å². The fraction of sp³-hybridized carbons (Fsp3) is 0.406. The van der Waals surface area contributed by atoms with E-state index in [9.17, 15) is 14.0 Å². The van der Waals surface area contributed by atoms with E-state index in [1.165, 1.54) is 12.3 Å². The number of piperidine rings is 1. The number of fused-ring (bicyclic) bond motifs is 1. The second-order valence-corrected chi connectivity index (χ2v) is 12.5. The highest BCUT2D eigenvalue weighted by molar-refractivity contribution is 6.30. The van der Waals surface area contributed by atoms with Gasteiger partial charge in [0.25, 0.3) is 11.7 Å². The third-order valence-electron chi connectivity index (χ3n) is 7.56. The van der Waals surface area contributed by atoms with Crippen LogP contribution in [-0.4, -0.2) is 40.6 Å². The topological polar surface area (TPSA) is 102 Å². The Morgan fingerprint density at radius 3 is 2.56 bits per heavy atom. The monoisotopic (exact) mass is 610 g/mol. The van der Waals surface area contributed by atoms with Gasteiger partial charge in [-0.2, -0.15) is 0 Å². The number of nitrogens with zero attached hydrogens (tertiary/aromatic N) is 2. The number of aryl methyl sites for hydroxylation is 1. The number of para-hydroxylation sites is 1. The molecule has 2 aliphatic rings. The number of ether oxygens (including phenoxy) is 3. The van der Waals surface area contributed by atoms with Crippen molar-refractivity contribution in [2.24, 2.45) is 0 Å². The smallest absolute Gasteiger partial charge is 0.426 e. The summed E-state index contributed by atoms with van der Waals surface area (Å²) in [6.45, 7) is 11.2. The molecular formula is C32H36ClFN4O5. The molecule has 9 nitrogen and oxygen atoms in total. The summed E-state index contributed by atoms with van der Waals surface area (Å²) in [6.07, 6.45) is 2.57. The van der Waals surface area contributed by atoms with Crippen molar-refractivity contribution in [2.75, 3.05) is 13.1 Å². The lowest BCUT2D eigenvalue weighted by molar-refractivity contribution is -0.0712. The lowest BCUT2D eigenvalue weighted by Crippen LogP contribution is -2.44. The molecule has 228 valence electrons. The van der Waals surface area contributed by atoms with Crippen LogP contribution < -0.4 is 20.3 Å². The van der Waals surface area contributed by atoms with Crippen LogP contribution >= 0.6 is 11.6 Å². The summed E-state index contributed by atoms with van der Waals surface area (Å²) in [5, 5.41) is 0.312. The van der Waals surface area contributed by atoms with E-state index >= 15 is 0 Å². The zero-order valence-electron chi connectivity index (χ0n) is 24.9. The third kappa shape index (κ3) is 7.02. The standard InChI is InChI=1S/C32H36ClFN4O5/c1-19-15-21(29(39)36-37-30(40)43-31(2,3)4)17-35-26(19)18-38-13-11-20(12-14-38)23-7-6-8-27-28(23)42-32(5,41-27)24-10-9-22(33)16-25(24)34/h6-10,15-17,20H,11-14,18H2,1-5H3,(H,36,39)(H,37,40). The van der Waals surface area contributed by atoms with Gasteiger partial charge in [-0.05, 0) is 95.4 Å². The summed E-state index contributed by atoms with van der Waals surface area (Å²) < 4.78 is 32.3. The first-order chi connectivity index (χ1) is 20.3. The Kier molecular flexibility index (Phi) is 8.54. The van der Waals surface area contributed by atoms with Gasteiger partial charge < -0.3 is 14.2 Å². The molecular weight excluding hydrogens is 575 g/mol. The second kappa shape index (κ2) is 12.0. The van der Waals surface area contributed by atoms with Gasteiger partial charge in [-0.1, -0.05) is 23.7 Å². The fourth-order valence-corrected chi connectivity index (χ4v) is 5.59. The van der Waals surface area contributed by atoms with Crippen LogP contribution in [0.15, 0.2) is 48.7 Å². The molecule has 1 atom stereocenters. The maximum absolute atomic E-state index is 14.8. The first kappa shape index (κ1) is 30.6.